The molecule has 2 heteroatoms. The minimum atomic E-state index is 1.28. The Balaban J connectivity index is 2.14. The van der Waals surface area contributed by atoms with Crippen molar-refractivity contribution in [1.29, 1.82) is 0 Å². The second-order valence-corrected chi connectivity index (χ2v) is 6.40. The lowest BCUT2D eigenvalue weighted by Gasteiger charge is -1.97. The molecule has 0 aliphatic carbocycles. The lowest BCUT2D eigenvalue weighted by Crippen LogP contribution is -1.81. The number of benzene rings is 3. The van der Waals surface area contributed by atoms with E-state index in [-0.39, 0.29) is 0 Å². The van der Waals surface area contributed by atoms with Gasteiger partial charge in [-0.25, -0.2) is 0 Å². The average molecular weight is 294 g/mol. The highest BCUT2D eigenvalue weighted by atomic mass is 15.1. The van der Waals surface area contributed by atoms with Gasteiger partial charge in [0.1, 0.15) is 5.65 Å². The number of hydrogen-bond acceptors (Lipinski definition) is 0. The number of imidazole rings is 1. The van der Waals surface area contributed by atoms with Gasteiger partial charge in [-0.15, -0.1) is 0 Å². The fraction of sp³-hybridized carbons (Fsp3) is 0.0476. The molecule has 3 aromatic carbocycles. The quantitative estimate of drug-likeness (QED) is 0.355. The molecule has 6 aromatic rings. The molecule has 0 amide bonds. The molecule has 0 N–H and O–H groups in total. The molecular weight excluding hydrogens is 280 g/mol. The van der Waals surface area contributed by atoms with E-state index in [1.54, 1.807) is 0 Å². The first-order chi connectivity index (χ1) is 11.3. The molecule has 0 spiro atoms. The van der Waals surface area contributed by atoms with E-state index in [0.29, 0.717) is 0 Å². The van der Waals surface area contributed by atoms with Crippen LogP contribution in [0.25, 0.3) is 43.9 Å². The molecule has 0 saturated heterocycles. The van der Waals surface area contributed by atoms with Gasteiger partial charge < -0.3 is 0 Å². The minimum Gasteiger partial charge on any atom is -0.293 e. The smallest absolute Gasteiger partial charge is 0.131 e. The zero-order valence-electron chi connectivity index (χ0n) is 12.7. The van der Waals surface area contributed by atoms with E-state index in [9.17, 15) is 0 Å². The highest BCUT2D eigenvalue weighted by Crippen LogP contribution is 2.40. The summed E-state index contributed by atoms with van der Waals surface area (Å²) in [6.45, 7) is 2.16. The van der Waals surface area contributed by atoms with Gasteiger partial charge in [0.25, 0.3) is 0 Å². The average Bonchev–Trinajstić information content (AvgIpc) is 3.18. The third-order valence-electron chi connectivity index (χ3n) is 5.09. The Morgan fingerprint density at radius 1 is 0.609 bits per heavy atom. The number of aryl methyl sites for hydroxylation is 1. The first-order valence-electron chi connectivity index (χ1n) is 7.98. The van der Waals surface area contributed by atoms with Crippen LogP contribution >= 0.6 is 0 Å². The van der Waals surface area contributed by atoms with Crippen LogP contribution in [0.4, 0.5) is 0 Å². The Hall–Kier alpha value is -3.00. The Kier molecular flexibility index (Phi) is 1.84. The number of hydrogen-bond donors (Lipinski definition) is 0. The number of fused-ring (bicyclic) bond motifs is 9. The molecule has 0 radical (unpaired) electrons. The van der Waals surface area contributed by atoms with Gasteiger partial charge in [0, 0.05) is 16.2 Å². The zero-order chi connectivity index (χ0) is 15.1. The van der Waals surface area contributed by atoms with Crippen LogP contribution in [0.3, 0.4) is 0 Å². The Morgan fingerprint density at radius 2 is 1.22 bits per heavy atom. The number of nitrogens with zero attached hydrogens (tertiary/aromatic N) is 2. The van der Waals surface area contributed by atoms with Gasteiger partial charge in [-0.3, -0.25) is 8.80 Å². The summed E-state index contributed by atoms with van der Waals surface area (Å²) >= 11 is 0. The van der Waals surface area contributed by atoms with Gasteiger partial charge >= 0.3 is 0 Å². The maximum atomic E-state index is 2.42. The highest BCUT2D eigenvalue weighted by molar-refractivity contribution is 6.23. The molecule has 0 aliphatic rings. The van der Waals surface area contributed by atoms with Gasteiger partial charge in [-0.1, -0.05) is 42.5 Å². The van der Waals surface area contributed by atoms with E-state index >= 15 is 0 Å². The van der Waals surface area contributed by atoms with Crippen LogP contribution in [0, 0.1) is 6.92 Å². The van der Waals surface area contributed by atoms with Crippen molar-refractivity contribution in [2.24, 2.45) is 0 Å². The molecule has 0 saturated carbocycles. The summed E-state index contributed by atoms with van der Waals surface area (Å²) in [5.41, 5.74) is 7.75. The van der Waals surface area contributed by atoms with Crippen molar-refractivity contribution in [1.82, 2.24) is 8.80 Å². The maximum Gasteiger partial charge on any atom is 0.131 e. The SMILES string of the molecule is Cc1ccc2c3c4ccccc4n4c5ccccc5n(c2c1)c34. The van der Waals surface area contributed by atoms with Gasteiger partial charge in [0.15, 0.2) is 0 Å². The van der Waals surface area contributed by atoms with Crippen LogP contribution in [0.2, 0.25) is 0 Å². The number of para-hydroxylation sites is 3. The molecule has 0 unspecified atom stereocenters. The lowest BCUT2D eigenvalue weighted by atomic mass is 10.1. The van der Waals surface area contributed by atoms with E-state index in [1.807, 2.05) is 0 Å². The van der Waals surface area contributed by atoms with E-state index in [0.717, 1.165) is 0 Å². The Bertz CT molecular complexity index is 1360. The van der Waals surface area contributed by atoms with E-state index < -0.39 is 0 Å². The second kappa shape index (κ2) is 3.66. The van der Waals surface area contributed by atoms with E-state index in [2.05, 4.69) is 82.5 Å². The van der Waals surface area contributed by atoms with Crippen molar-refractivity contribution in [2.75, 3.05) is 0 Å². The third kappa shape index (κ3) is 1.19. The molecular formula is C21H14N2. The van der Waals surface area contributed by atoms with Gasteiger partial charge in [0.05, 0.1) is 22.1 Å². The molecule has 0 bridgehead atoms. The largest absolute Gasteiger partial charge is 0.293 e. The molecule has 108 valence electrons. The summed E-state index contributed by atoms with van der Waals surface area (Å²) in [5.74, 6) is 0. The molecule has 0 atom stereocenters. The molecule has 2 nitrogen and oxygen atoms in total. The summed E-state index contributed by atoms with van der Waals surface area (Å²) < 4.78 is 4.84. The maximum absolute atomic E-state index is 2.42. The van der Waals surface area contributed by atoms with Crippen molar-refractivity contribution in [3.8, 4) is 0 Å². The fourth-order valence-corrected chi connectivity index (χ4v) is 4.19. The predicted molar refractivity (Wildman–Crippen MR) is 96.8 cm³/mol. The number of aromatic nitrogens is 2. The zero-order valence-corrected chi connectivity index (χ0v) is 12.7. The monoisotopic (exact) mass is 294 g/mol. The first-order valence-corrected chi connectivity index (χ1v) is 7.98. The van der Waals surface area contributed by atoms with Crippen molar-refractivity contribution < 1.29 is 0 Å². The van der Waals surface area contributed by atoms with Crippen molar-refractivity contribution in [2.45, 2.75) is 6.92 Å². The summed E-state index contributed by atoms with van der Waals surface area (Å²) in [7, 11) is 0. The summed E-state index contributed by atoms with van der Waals surface area (Å²) in [6.07, 6.45) is 0. The first kappa shape index (κ1) is 11.6. The molecule has 6 rings (SSSR count). The molecule has 3 heterocycles. The summed E-state index contributed by atoms with van der Waals surface area (Å²) in [5, 5.41) is 4.05. The van der Waals surface area contributed by atoms with Crippen molar-refractivity contribution in [3.63, 3.8) is 0 Å². The predicted octanol–water partition coefficient (Wildman–Crippen LogP) is 5.40. The summed E-state index contributed by atoms with van der Waals surface area (Å²) in [4.78, 5) is 0. The second-order valence-electron chi connectivity index (χ2n) is 6.40. The molecule has 0 fully saturated rings. The molecule has 0 aliphatic heterocycles. The van der Waals surface area contributed by atoms with Crippen molar-refractivity contribution >= 4 is 43.9 Å². The normalized spacial score (nSPS) is 12.6. The van der Waals surface area contributed by atoms with Crippen LogP contribution in [-0.4, -0.2) is 8.80 Å². The number of rotatable bonds is 0. The third-order valence-corrected chi connectivity index (χ3v) is 5.09. The Labute approximate surface area is 132 Å². The van der Waals surface area contributed by atoms with Crippen LogP contribution in [-0.2, 0) is 0 Å². The summed E-state index contributed by atoms with van der Waals surface area (Å²) in [6, 6.07) is 24.2. The minimum absolute atomic E-state index is 1.28. The highest BCUT2D eigenvalue weighted by Gasteiger charge is 2.21. The van der Waals surface area contributed by atoms with Gasteiger partial charge in [-0.05, 0) is 36.8 Å². The van der Waals surface area contributed by atoms with E-state index in [4.69, 9.17) is 0 Å². The van der Waals surface area contributed by atoms with E-state index in [1.165, 1.54) is 49.4 Å². The standard InChI is InChI=1S/C21H14N2/c1-13-10-11-15-19(12-13)23-18-9-5-4-8-17(18)22-16-7-3-2-6-14(16)20(15)21(22)23/h2-12H,1H3. The van der Waals surface area contributed by atoms with Crippen LogP contribution in [0.5, 0.6) is 0 Å². The fourth-order valence-electron chi connectivity index (χ4n) is 4.19. The van der Waals surface area contributed by atoms with Gasteiger partial charge in [0.2, 0.25) is 0 Å². The van der Waals surface area contributed by atoms with Crippen LogP contribution in [0.1, 0.15) is 5.56 Å². The van der Waals surface area contributed by atoms with Crippen molar-refractivity contribution in [3.05, 3.63) is 72.3 Å². The van der Waals surface area contributed by atoms with Gasteiger partial charge in [-0.2, -0.15) is 0 Å². The topological polar surface area (TPSA) is 8.82 Å². The Morgan fingerprint density at radius 3 is 2.00 bits per heavy atom. The lowest BCUT2D eigenvalue weighted by molar-refractivity contribution is 1.28. The molecule has 3 aromatic heterocycles. The van der Waals surface area contributed by atoms with Crippen LogP contribution in [0.15, 0.2) is 66.7 Å². The van der Waals surface area contributed by atoms with Crippen LogP contribution < -0.4 is 0 Å². The molecule has 23 heavy (non-hydrogen) atoms.